The predicted molar refractivity (Wildman–Crippen MR) is 84.1 cm³/mol. The van der Waals surface area contributed by atoms with Gasteiger partial charge in [-0.15, -0.1) is 12.4 Å². The molecule has 1 aliphatic heterocycles. The second kappa shape index (κ2) is 13.9. The van der Waals surface area contributed by atoms with E-state index in [1.54, 1.807) is 6.92 Å². The molecule has 0 saturated carbocycles. The highest BCUT2D eigenvalue weighted by molar-refractivity contribution is 5.85. The van der Waals surface area contributed by atoms with Gasteiger partial charge in [-0.1, -0.05) is 39.2 Å². The summed E-state index contributed by atoms with van der Waals surface area (Å²) in [4.78, 5) is 10.4. The molecule has 0 aromatic rings. The second-order valence-electron chi connectivity index (χ2n) is 5.09. The molecule has 1 rings (SSSR count). The summed E-state index contributed by atoms with van der Waals surface area (Å²) in [6.45, 7) is 8.34. The molecule has 0 aliphatic carbocycles. The minimum atomic E-state index is -0.807. The highest BCUT2D eigenvalue weighted by Gasteiger charge is 2.03. The van der Waals surface area contributed by atoms with E-state index in [4.69, 9.17) is 5.11 Å². The fourth-order valence-electron chi connectivity index (χ4n) is 1.91. The zero-order valence-corrected chi connectivity index (χ0v) is 13.4. The Morgan fingerprint density at radius 2 is 1.89 bits per heavy atom. The van der Waals surface area contributed by atoms with E-state index in [1.165, 1.54) is 45.2 Å². The molecule has 0 amide bonds. The molecule has 1 saturated heterocycles. The zero-order valence-electron chi connectivity index (χ0n) is 12.6. The Bertz CT molecular complexity index is 239. The van der Waals surface area contributed by atoms with Gasteiger partial charge in [0, 0.05) is 5.57 Å². The monoisotopic (exact) mass is 291 g/mol. The summed E-state index contributed by atoms with van der Waals surface area (Å²) >= 11 is 0. The molecule has 3 nitrogen and oxygen atoms in total. The molecule has 0 radical (unpaired) electrons. The Kier molecular flexibility index (Phi) is 15.2. The van der Waals surface area contributed by atoms with Crippen LogP contribution in [-0.4, -0.2) is 24.2 Å². The third-order valence-corrected chi connectivity index (χ3v) is 3.09. The van der Waals surface area contributed by atoms with Crippen molar-refractivity contribution < 1.29 is 9.90 Å². The maximum atomic E-state index is 10.4. The summed E-state index contributed by atoms with van der Waals surface area (Å²) in [7, 11) is 0. The molecule has 0 spiro atoms. The molecule has 2 N–H and O–H groups in total. The molecule has 1 aliphatic rings. The van der Waals surface area contributed by atoms with Gasteiger partial charge in [0.05, 0.1) is 0 Å². The number of hydrogen-bond acceptors (Lipinski definition) is 2. The van der Waals surface area contributed by atoms with Gasteiger partial charge in [0.25, 0.3) is 0 Å². The van der Waals surface area contributed by atoms with Crippen molar-refractivity contribution >= 4 is 18.4 Å². The third kappa shape index (κ3) is 13.7. The molecule has 114 valence electrons. The van der Waals surface area contributed by atoms with Gasteiger partial charge in [0.1, 0.15) is 0 Å². The number of carbonyl (C=O) groups is 1. The minimum Gasteiger partial charge on any atom is -0.478 e. The molecule has 1 atom stereocenters. The van der Waals surface area contributed by atoms with E-state index in [9.17, 15) is 4.79 Å². The first-order valence-electron chi connectivity index (χ1n) is 7.20. The van der Waals surface area contributed by atoms with Crippen LogP contribution in [-0.2, 0) is 4.79 Å². The number of allylic oxidation sites excluding steroid dienone is 1. The van der Waals surface area contributed by atoms with Crippen LogP contribution in [0.5, 0.6) is 0 Å². The number of carboxylic acids is 1. The van der Waals surface area contributed by atoms with Gasteiger partial charge in [-0.05, 0) is 45.2 Å². The van der Waals surface area contributed by atoms with Crippen molar-refractivity contribution in [3.05, 3.63) is 11.6 Å². The van der Waals surface area contributed by atoms with Gasteiger partial charge in [-0.2, -0.15) is 0 Å². The van der Waals surface area contributed by atoms with Gasteiger partial charge in [-0.25, -0.2) is 4.79 Å². The number of halogens is 1. The Morgan fingerprint density at radius 3 is 2.21 bits per heavy atom. The van der Waals surface area contributed by atoms with E-state index in [1.807, 2.05) is 6.08 Å². The summed E-state index contributed by atoms with van der Waals surface area (Å²) in [6, 6.07) is 0. The van der Waals surface area contributed by atoms with Crippen molar-refractivity contribution in [1.29, 1.82) is 0 Å². The van der Waals surface area contributed by atoms with Crippen LogP contribution in [0.15, 0.2) is 11.6 Å². The van der Waals surface area contributed by atoms with Crippen LogP contribution >= 0.6 is 12.4 Å². The summed E-state index contributed by atoms with van der Waals surface area (Å²) in [5, 5.41) is 11.9. The number of piperidine rings is 1. The van der Waals surface area contributed by atoms with Gasteiger partial charge in [0.15, 0.2) is 0 Å². The lowest BCUT2D eigenvalue weighted by Gasteiger charge is -2.08. The Hall–Kier alpha value is -0.540. The van der Waals surface area contributed by atoms with Crippen LogP contribution in [0, 0.1) is 5.92 Å². The van der Waals surface area contributed by atoms with E-state index in [0.29, 0.717) is 11.5 Å². The number of nitrogens with one attached hydrogen (secondary N) is 1. The van der Waals surface area contributed by atoms with Crippen molar-refractivity contribution in [1.82, 2.24) is 5.32 Å². The molecular weight excluding hydrogens is 262 g/mol. The molecule has 1 heterocycles. The van der Waals surface area contributed by atoms with E-state index in [0.717, 1.165) is 6.42 Å². The predicted octanol–water partition coefficient (Wildman–Crippen LogP) is 4.03. The molecule has 0 aromatic heterocycles. The quantitative estimate of drug-likeness (QED) is 0.752. The summed E-state index contributed by atoms with van der Waals surface area (Å²) < 4.78 is 0. The smallest absolute Gasteiger partial charge is 0.330 e. The van der Waals surface area contributed by atoms with Crippen molar-refractivity contribution in [3.63, 3.8) is 0 Å². The van der Waals surface area contributed by atoms with Crippen LogP contribution in [0.25, 0.3) is 0 Å². The molecule has 1 fully saturated rings. The molecular formula is C15H30ClNO2. The van der Waals surface area contributed by atoms with Crippen LogP contribution in [0.3, 0.4) is 0 Å². The van der Waals surface area contributed by atoms with Gasteiger partial charge in [-0.3, -0.25) is 0 Å². The number of carboxylic acid groups (broad SMARTS) is 1. The number of aliphatic carboxylic acids is 1. The maximum Gasteiger partial charge on any atom is 0.330 e. The lowest BCUT2D eigenvalue weighted by Crippen LogP contribution is -2.21. The maximum absolute atomic E-state index is 10.4. The number of rotatable bonds is 5. The first kappa shape index (κ1) is 20.8. The molecule has 1 unspecified atom stereocenters. The standard InChI is InChI=1S/C10H18O2.C5H11N.ClH/c1-4-5-6-8(2)7-9(3)10(11)12;1-2-4-6-5-3-1;/h7-8H,4-6H2,1-3H3,(H,11,12);6H,1-5H2;1H. The van der Waals surface area contributed by atoms with Crippen LogP contribution in [0.4, 0.5) is 0 Å². The highest BCUT2D eigenvalue weighted by atomic mass is 35.5. The fraction of sp³-hybridized carbons (Fsp3) is 0.800. The lowest BCUT2D eigenvalue weighted by atomic mass is 10.0. The van der Waals surface area contributed by atoms with Crippen molar-refractivity contribution in [2.24, 2.45) is 5.92 Å². The second-order valence-corrected chi connectivity index (χ2v) is 5.09. The summed E-state index contributed by atoms with van der Waals surface area (Å²) in [5.74, 6) is -0.417. The largest absolute Gasteiger partial charge is 0.478 e. The van der Waals surface area contributed by atoms with E-state index in [2.05, 4.69) is 19.2 Å². The average Bonchev–Trinajstić information content (AvgIpc) is 2.39. The van der Waals surface area contributed by atoms with Gasteiger partial charge in [0.2, 0.25) is 0 Å². The fourth-order valence-corrected chi connectivity index (χ4v) is 1.91. The highest BCUT2D eigenvalue weighted by Crippen LogP contribution is 2.11. The third-order valence-electron chi connectivity index (χ3n) is 3.09. The van der Waals surface area contributed by atoms with Crippen LogP contribution in [0.2, 0.25) is 0 Å². The first-order valence-corrected chi connectivity index (χ1v) is 7.20. The summed E-state index contributed by atoms with van der Waals surface area (Å²) in [6.07, 6.45) is 9.47. The Morgan fingerprint density at radius 1 is 1.32 bits per heavy atom. The zero-order chi connectivity index (χ0) is 13.8. The lowest BCUT2D eigenvalue weighted by molar-refractivity contribution is -0.132. The average molecular weight is 292 g/mol. The first-order chi connectivity index (χ1) is 8.57. The molecule has 19 heavy (non-hydrogen) atoms. The topological polar surface area (TPSA) is 49.3 Å². The van der Waals surface area contributed by atoms with E-state index in [-0.39, 0.29) is 12.4 Å². The normalized spacial score (nSPS) is 16.7. The van der Waals surface area contributed by atoms with E-state index >= 15 is 0 Å². The minimum absolute atomic E-state index is 0. The van der Waals surface area contributed by atoms with Crippen molar-refractivity contribution in [2.75, 3.05) is 13.1 Å². The summed E-state index contributed by atoms with van der Waals surface area (Å²) in [5.41, 5.74) is 0.457. The molecule has 0 bridgehead atoms. The van der Waals surface area contributed by atoms with Gasteiger partial charge < -0.3 is 10.4 Å². The Balaban J connectivity index is 0. The van der Waals surface area contributed by atoms with Crippen molar-refractivity contribution in [3.8, 4) is 0 Å². The Labute approximate surface area is 124 Å². The van der Waals surface area contributed by atoms with Crippen LogP contribution in [0.1, 0.15) is 59.3 Å². The van der Waals surface area contributed by atoms with Gasteiger partial charge >= 0.3 is 5.97 Å². The molecule has 4 heteroatoms. The molecule has 0 aromatic carbocycles. The SMILES string of the molecule is C1CCNCC1.CCCCC(C)C=C(C)C(=O)O.Cl. The van der Waals surface area contributed by atoms with E-state index < -0.39 is 5.97 Å². The number of unbranched alkanes of at least 4 members (excludes halogenated alkanes) is 1. The van der Waals surface area contributed by atoms with Crippen LogP contribution < -0.4 is 5.32 Å². The van der Waals surface area contributed by atoms with Crippen molar-refractivity contribution in [2.45, 2.75) is 59.3 Å². The number of hydrogen-bond donors (Lipinski definition) is 2.